The first kappa shape index (κ1) is 20.9. The molecule has 0 heteroatoms. The van der Waals surface area contributed by atoms with Gasteiger partial charge in [-0.25, -0.2) is 0 Å². The molecule has 1 aromatic rings. The van der Waals surface area contributed by atoms with E-state index in [9.17, 15) is 0 Å². The minimum atomic E-state index is 0.808. The Morgan fingerprint density at radius 3 is 2.11 bits per heavy atom. The van der Waals surface area contributed by atoms with Crippen molar-refractivity contribution in [2.75, 3.05) is 0 Å². The van der Waals surface area contributed by atoms with Gasteiger partial charge in [-0.2, -0.15) is 0 Å². The first-order chi connectivity index (χ1) is 13.2. The molecule has 0 amide bonds. The lowest BCUT2D eigenvalue weighted by Crippen LogP contribution is -2.29. The number of hydrogen-bond acceptors (Lipinski definition) is 0. The second-order valence-electron chi connectivity index (χ2n) is 9.93. The van der Waals surface area contributed by atoms with E-state index in [1.165, 1.54) is 89.0 Å². The molecule has 3 atom stereocenters. The van der Waals surface area contributed by atoms with Crippen molar-refractivity contribution >= 4 is 0 Å². The third kappa shape index (κ3) is 5.85. The van der Waals surface area contributed by atoms with Crippen LogP contribution >= 0.6 is 0 Å². The van der Waals surface area contributed by atoms with Crippen LogP contribution in [0.2, 0.25) is 0 Å². The minimum Gasteiger partial charge on any atom is -0.0654 e. The predicted octanol–water partition coefficient (Wildman–Crippen LogP) is 8.55. The minimum absolute atomic E-state index is 0.808. The van der Waals surface area contributed by atoms with E-state index in [-0.39, 0.29) is 0 Å². The van der Waals surface area contributed by atoms with Gasteiger partial charge in [0.2, 0.25) is 0 Å². The summed E-state index contributed by atoms with van der Waals surface area (Å²) < 4.78 is 0. The van der Waals surface area contributed by atoms with Gasteiger partial charge in [-0.3, -0.25) is 0 Å². The van der Waals surface area contributed by atoms with Crippen molar-refractivity contribution in [1.82, 2.24) is 0 Å². The van der Waals surface area contributed by atoms with Crippen LogP contribution < -0.4 is 0 Å². The van der Waals surface area contributed by atoms with E-state index >= 15 is 0 Å². The summed E-state index contributed by atoms with van der Waals surface area (Å²) in [5, 5.41) is 0. The van der Waals surface area contributed by atoms with Crippen molar-refractivity contribution in [1.29, 1.82) is 0 Å². The van der Waals surface area contributed by atoms with Crippen LogP contribution in [0.1, 0.15) is 115 Å². The number of unbranched alkanes of at least 4 members (excludes halogenated alkanes) is 2. The van der Waals surface area contributed by atoms with Crippen molar-refractivity contribution in [2.45, 2.75) is 110 Å². The van der Waals surface area contributed by atoms with Gasteiger partial charge in [0, 0.05) is 0 Å². The van der Waals surface area contributed by atoms with Gasteiger partial charge in [0.25, 0.3) is 0 Å². The van der Waals surface area contributed by atoms with Crippen molar-refractivity contribution in [3.05, 3.63) is 35.4 Å². The lowest BCUT2D eigenvalue weighted by molar-refractivity contribution is 0.130. The van der Waals surface area contributed by atoms with E-state index in [4.69, 9.17) is 0 Å². The highest BCUT2D eigenvalue weighted by molar-refractivity contribution is 5.26. The van der Waals surface area contributed by atoms with Crippen LogP contribution in [0.3, 0.4) is 0 Å². The highest BCUT2D eigenvalue weighted by atomic mass is 14.4. The smallest absolute Gasteiger partial charge is 0.0136 e. The molecule has 0 radical (unpaired) electrons. The molecule has 3 rings (SSSR count). The topological polar surface area (TPSA) is 0 Å². The standard InChI is InChI=1S/C27H44/c1-4-6-7-9-23-12-16-25(17-13-23)27-19-18-26(20-21(27)3)24-14-10-22(8-5-2)11-15-24/h12-13,16-17,21-22,24,26-27H,4-11,14-15,18-20H2,1-3H3/t21?,22-,24-,26?,27?. The monoisotopic (exact) mass is 368 g/mol. The molecule has 3 unspecified atom stereocenters. The number of benzene rings is 1. The second-order valence-corrected chi connectivity index (χ2v) is 9.93. The highest BCUT2D eigenvalue weighted by Crippen LogP contribution is 2.46. The Morgan fingerprint density at radius 2 is 1.48 bits per heavy atom. The molecule has 0 aromatic heterocycles. The first-order valence-corrected chi connectivity index (χ1v) is 12.3. The molecule has 27 heavy (non-hydrogen) atoms. The van der Waals surface area contributed by atoms with Crippen LogP contribution in [0.5, 0.6) is 0 Å². The van der Waals surface area contributed by atoms with Gasteiger partial charge in [0.05, 0.1) is 0 Å². The van der Waals surface area contributed by atoms with Gasteiger partial charge in [-0.05, 0) is 85.7 Å². The molecule has 2 saturated carbocycles. The SMILES string of the molecule is CCCCCc1ccc(C2CCC([C@H]3CC[C@H](CCC)CC3)CC2C)cc1. The Morgan fingerprint density at radius 1 is 0.778 bits per heavy atom. The van der Waals surface area contributed by atoms with Gasteiger partial charge in [-0.15, -0.1) is 0 Å². The fraction of sp³-hybridized carbons (Fsp3) is 0.778. The van der Waals surface area contributed by atoms with E-state index in [0.717, 1.165) is 29.6 Å². The zero-order valence-corrected chi connectivity index (χ0v) is 18.4. The Kier molecular flexibility index (Phi) is 8.28. The predicted molar refractivity (Wildman–Crippen MR) is 119 cm³/mol. The molecule has 0 bridgehead atoms. The highest BCUT2D eigenvalue weighted by Gasteiger charge is 2.34. The summed E-state index contributed by atoms with van der Waals surface area (Å²) in [6.07, 6.45) is 18.6. The normalized spacial score (nSPS) is 31.7. The summed E-state index contributed by atoms with van der Waals surface area (Å²) in [7, 11) is 0. The van der Waals surface area contributed by atoms with E-state index in [0.29, 0.717) is 0 Å². The summed E-state index contributed by atoms with van der Waals surface area (Å²) in [6, 6.07) is 9.75. The molecule has 0 spiro atoms. The lowest BCUT2D eigenvalue weighted by Gasteiger charge is -2.41. The Labute approximate surface area is 169 Å². The molecule has 2 aliphatic carbocycles. The molecule has 0 N–H and O–H groups in total. The van der Waals surface area contributed by atoms with Gasteiger partial charge < -0.3 is 0 Å². The Hall–Kier alpha value is -0.780. The van der Waals surface area contributed by atoms with Crippen LogP contribution in [-0.4, -0.2) is 0 Å². The second kappa shape index (κ2) is 10.7. The zero-order valence-electron chi connectivity index (χ0n) is 18.4. The van der Waals surface area contributed by atoms with E-state index in [1.54, 1.807) is 5.56 Å². The average Bonchev–Trinajstić information content (AvgIpc) is 2.70. The van der Waals surface area contributed by atoms with E-state index < -0.39 is 0 Å². The van der Waals surface area contributed by atoms with Crippen LogP contribution in [0, 0.1) is 23.7 Å². The molecule has 0 aliphatic heterocycles. The Balaban J connectivity index is 1.48. The number of aryl methyl sites for hydroxylation is 1. The number of rotatable bonds is 8. The van der Waals surface area contributed by atoms with Crippen LogP contribution in [0.4, 0.5) is 0 Å². The van der Waals surface area contributed by atoms with Gasteiger partial charge in [0.1, 0.15) is 0 Å². The molecular weight excluding hydrogens is 324 g/mol. The van der Waals surface area contributed by atoms with Crippen molar-refractivity contribution in [3.63, 3.8) is 0 Å². The molecule has 0 heterocycles. The van der Waals surface area contributed by atoms with Gasteiger partial charge in [-0.1, -0.05) is 83.6 Å². The van der Waals surface area contributed by atoms with Crippen LogP contribution in [0.25, 0.3) is 0 Å². The maximum Gasteiger partial charge on any atom is -0.0136 e. The zero-order chi connectivity index (χ0) is 19.1. The molecule has 2 fully saturated rings. The maximum absolute atomic E-state index is 2.54. The molecule has 1 aromatic carbocycles. The lowest BCUT2D eigenvalue weighted by atomic mass is 9.65. The largest absolute Gasteiger partial charge is 0.0654 e. The molecule has 0 nitrogen and oxygen atoms in total. The summed E-state index contributed by atoms with van der Waals surface area (Å²) in [6.45, 7) is 7.18. The molecule has 152 valence electrons. The van der Waals surface area contributed by atoms with E-state index in [2.05, 4.69) is 45.0 Å². The molecular formula is C27H44. The first-order valence-electron chi connectivity index (χ1n) is 12.3. The van der Waals surface area contributed by atoms with Crippen molar-refractivity contribution < 1.29 is 0 Å². The fourth-order valence-corrected chi connectivity index (χ4v) is 6.23. The van der Waals surface area contributed by atoms with Gasteiger partial charge >= 0.3 is 0 Å². The van der Waals surface area contributed by atoms with Crippen LogP contribution in [0.15, 0.2) is 24.3 Å². The average molecular weight is 369 g/mol. The summed E-state index contributed by atoms with van der Waals surface area (Å²) in [5.41, 5.74) is 3.16. The molecule has 0 saturated heterocycles. The summed E-state index contributed by atoms with van der Waals surface area (Å²) in [5.74, 6) is 4.79. The van der Waals surface area contributed by atoms with Crippen molar-refractivity contribution in [2.24, 2.45) is 23.7 Å². The molecule has 2 aliphatic rings. The third-order valence-corrected chi connectivity index (χ3v) is 7.94. The van der Waals surface area contributed by atoms with Crippen LogP contribution in [-0.2, 0) is 6.42 Å². The Bertz CT molecular complexity index is 519. The third-order valence-electron chi connectivity index (χ3n) is 7.94. The number of hydrogen-bond donors (Lipinski definition) is 0. The van der Waals surface area contributed by atoms with Gasteiger partial charge in [0.15, 0.2) is 0 Å². The summed E-state index contributed by atoms with van der Waals surface area (Å²) >= 11 is 0. The fourth-order valence-electron chi connectivity index (χ4n) is 6.23. The quantitative estimate of drug-likeness (QED) is 0.403. The van der Waals surface area contributed by atoms with E-state index in [1.807, 2.05) is 0 Å². The maximum atomic E-state index is 2.54. The summed E-state index contributed by atoms with van der Waals surface area (Å²) in [4.78, 5) is 0. The van der Waals surface area contributed by atoms with Crippen molar-refractivity contribution in [3.8, 4) is 0 Å².